The number of amides is 1. The van der Waals surface area contributed by atoms with Crippen LogP contribution in [-0.2, 0) is 4.79 Å². The van der Waals surface area contributed by atoms with Crippen LogP contribution in [0.5, 0.6) is 0 Å². The van der Waals surface area contributed by atoms with Crippen LogP contribution in [0.15, 0.2) is 24.3 Å². The van der Waals surface area contributed by atoms with Gasteiger partial charge < -0.3 is 16.0 Å². The topological polar surface area (TPSA) is 58.4 Å². The maximum Gasteiger partial charge on any atom is 0.219 e. The first-order valence-corrected chi connectivity index (χ1v) is 5.40. The van der Waals surface area contributed by atoms with Gasteiger partial charge in [-0.2, -0.15) is 0 Å². The summed E-state index contributed by atoms with van der Waals surface area (Å²) in [6.45, 7) is 0.844. The molecule has 16 heavy (non-hydrogen) atoms. The molecule has 0 bridgehead atoms. The van der Waals surface area contributed by atoms with Crippen LogP contribution in [0.2, 0.25) is 0 Å². The van der Waals surface area contributed by atoms with E-state index in [1.807, 2.05) is 31.3 Å². The van der Waals surface area contributed by atoms with Crippen LogP contribution in [-0.4, -0.2) is 26.5 Å². The molecule has 1 aromatic carbocycles. The first-order chi connectivity index (χ1) is 7.63. The van der Waals surface area contributed by atoms with E-state index in [-0.39, 0.29) is 5.91 Å². The third kappa shape index (κ3) is 3.81. The largest absolute Gasteiger partial charge is 0.399 e. The van der Waals surface area contributed by atoms with Gasteiger partial charge in [0.15, 0.2) is 0 Å². The number of hydrogen-bond donors (Lipinski definition) is 2. The number of anilines is 2. The summed E-state index contributed by atoms with van der Waals surface area (Å²) in [5.41, 5.74) is 7.54. The van der Waals surface area contributed by atoms with Gasteiger partial charge >= 0.3 is 0 Å². The van der Waals surface area contributed by atoms with Crippen molar-refractivity contribution in [3.8, 4) is 0 Å². The van der Waals surface area contributed by atoms with E-state index in [1.165, 1.54) is 0 Å². The van der Waals surface area contributed by atoms with Gasteiger partial charge in [-0.3, -0.25) is 4.79 Å². The minimum absolute atomic E-state index is 0.0842. The van der Waals surface area contributed by atoms with E-state index in [4.69, 9.17) is 5.73 Å². The Labute approximate surface area is 96.4 Å². The highest BCUT2D eigenvalue weighted by atomic mass is 16.1. The number of benzene rings is 1. The molecule has 0 saturated carbocycles. The van der Waals surface area contributed by atoms with Crippen molar-refractivity contribution in [2.75, 3.05) is 31.3 Å². The van der Waals surface area contributed by atoms with Crippen molar-refractivity contribution in [2.45, 2.75) is 12.8 Å². The summed E-state index contributed by atoms with van der Waals surface area (Å²) in [4.78, 5) is 13.1. The fourth-order valence-corrected chi connectivity index (χ4v) is 1.49. The monoisotopic (exact) mass is 221 g/mol. The zero-order valence-electron chi connectivity index (χ0n) is 9.86. The van der Waals surface area contributed by atoms with Gasteiger partial charge in [-0.1, -0.05) is 6.07 Å². The summed E-state index contributed by atoms with van der Waals surface area (Å²) >= 11 is 0. The Morgan fingerprint density at radius 2 is 2.25 bits per heavy atom. The van der Waals surface area contributed by atoms with Crippen molar-refractivity contribution >= 4 is 17.3 Å². The second-order valence-corrected chi connectivity index (χ2v) is 3.79. The molecule has 4 heteroatoms. The standard InChI is InChI=1S/C12H19N3O/c1-14-12(16)7-4-8-15(2)11-6-3-5-10(13)9-11/h3,5-6,9H,4,7-8,13H2,1-2H3,(H,14,16). The molecule has 0 aliphatic rings. The van der Waals surface area contributed by atoms with E-state index in [9.17, 15) is 4.79 Å². The van der Waals surface area contributed by atoms with Gasteiger partial charge in [0.25, 0.3) is 0 Å². The SMILES string of the molecule is CNC(=O)CCCN(C)c1cccc(N)c1. The molecule has 0 aliphatic heterocycles. The zero-order valence-corrected chi connectivity index (χ0v) is 9.86. The molecular weight excluding hydrogens is 202 g/mol. The van der Waals surface area contributed by atoms with Crippen LogP contribution in [0, 0.1) is 0 Å². The molecule has 4 nitrogen and oxygen atoms in total. The molecule has 0 aliphatic carbocycles. The summed E-state index contributed by atoms with van der Waals surface area (Å²) in [6.07, 6.45) is 1.40. The van der Waals surface area contributed by atoms with E-state index in [0.717, 1.165) is 24.3 Å². The number of carbonyl (C=O) groups excluding carboxylic acids is 1. The van der Waals surface area contributed by atoms with Crippen molar-refractivity contribution in [1.29, 1.82) is 0 Å². The third-order valence-corrected chi connectivity index (χ3v) is 2.49. The lowest BCUT2D eigenvalue weighted by Crippen LogP contribution is -2.22. The molecule has 0 radical (unpaired) electrons. The minimum atomic E-state index is 0.0842. The second-order valence-electron chi connectivity index (χ2n) is 3.79. The Morgan fingerprint density at radius 1 is 1.50 bits per heavy atom. The molecule has 0 saturated heterocycles. The Morgan fingerprint density at radius 3 is 2.88 bits per heavy atom. The minimum Gasteiger partial charge on any atom is -0.399 e. The van der Waals surface area contributed by atoms with Crippen LogP contribution < -0.4 is 16.0 Å². The van der Waals surface area contributed by atoms with Crippen LogP contribution in [0.3, 0.4) is 0 Å². The highest BCUT2D eigenvalue weighted by Crippen LogP contribution is 2.16. The predicted octanol–water partition coefficient (Wildman–Crippen LogP) is 1.23. The van der Waals surface area contributed by atoms with Crippen LogP contribution in [0.4, 0.5) is 11.4 Å². The molecule has 1 amide bonds. The summed E-state index contributed by atoms with van der Waals surface area (Å²) in [5.74, 6) is 0.0842. The molecule has 0 atom stereocenters. The second kappa shape index (κ2) is 6.00. The average Bonchev–Trinajstić information content (AvgIpc) is 2.28. The van der Waals surface area contributed by atoms with E-state index in [1.54, 1.807) is 7.05 Å². The Hall–Kier alpha value is -1.71. The van der Waals surface area contributed by atoms with Crippen LogP contribution in [0.25, 0.3) is 0 Å². The lowest BCUT2D eigenvalue weighted by Gasteiger charge is -2.19. The zero-order chi connectivity index (χ0) is 12.0. The van der Waals surface area contributed by atoms with Crippen molar-refractivity contribution in [2.24, 2.45) is 0 Å². The fourth-order valence-electron chi connectivity index (χ4n) is 1.49. The number of nitrogens with two attached hydrogens (primary N) is 1. The van der Waals surface area contributed by atoms with E-state index < -0.39 is 0 Å². The van der Waals surface area contributed by atoms with E-state index >= 15 is 0 Å². The number of carbonyl (C=O) groups is 1. The van der Waals surface area contributed by atoms with Gasteiger partial charge in [0, 0.05) is 38.4 Å². The lowest BCUT2D eigenvalue weighted by atomic mass is 10.2. The normalized spacial score (nSPS) is 9.88. The van der Waals surface area contributed by atoms with Crippen molar-refractivity contribution in [3.05, 3.63) is 24.3 Å². The van der Waals surface area contributed by atoms with Crippen molar-refractivity contribution < 1.29 is 4.79 Å². The number of nitrogens with one attached hydrogen (secondary N) is 1. The number of hydrogen-bond acceptors (Lipinski definition) is 3. The van der Waals surface area contributed by atoms with Gasteiger partial charge in [0.2, 0.25) is 5.91 Å². The first kappa shape index (κ1) is 12.4. The molecule has 0 heterocycles. The summed E-state index contributed by atoms with van der Waals surface area (Å²) < 4.78 is 0. The number of nitrogens with zero attached hydrogens (tertiary/aromatic N) is 1. The molecule has 1 aromatic rings. The molecule has 0 fully saturated rings. The third-order valence-electron chi connectivity index (χ3n) is 2.49. The van der Waals surface area contributed by atoms with Gasteiger partial charge in [0.05, 0.1) is 0 Å². The highest BCUT2D eigenvalue weighted by molar-refractivity contribution is 5.75. The molecule has 0 aromatic heterocycles. The smallest absolute Gasteiger partial charge is 0.219 e. The Kier molecular flexibility index (Phi) is 4.64. The summed E-state index contributed by atoms with van der Waals surface area (Å²) in [7, 11) is 3.66. The van der Waals surface area contributed by atoms with Gasteiger partial charge in [-0.05, 0) is 24.6 Å². The van der Waals surface area contributed by atoms with Gasteiger partial charge in [-0.25, -0.2) is 0 Å². The molecule has 0 spiro atoms. The van der Waals surface area contributed by atoms with Crippen molar-refractivity contribution in [3.63, 3.8) is 0 Å². The Balaban J connectivity index is 2.40. The van der Waals surface area contributed by atoms with Crippen LogP contribution >= 0.6 is 0 Å². The maximum atomic E-state index is 11.0. The summed E-state index contributed by atoms with van der Waals surface area (Å²) in [6, 6.07) is 7.73. The number of nitrogen functional groups attached to an aromatic ring is 1. The van der Waals surface area contributed by atoms with Crippen molar-refractivity contribution in [1.82, 2.24) is 5.32 Å². The quantitative estimate of drug-likeness (QED) is 0.735. The molecule has 3 N–H and O–H groups in total. The van der Waals surface area contributed by atoms with Gasteiger partial charge in [0.1, 0.15) is 0 Å². The number of rotatable bonds is 5. The fraction of sp³-hybridized carbons (Fsp3) is 0.417. The molecule has 88 valence electrons. The predicted molar refractivity (Wildman–Crippen MR) is 67.4 cm³/mol. The maximum absolute atomic E-state index is 11.0. The van der Waals surface area contributed by atoms with Gasteiger partial charge in [-0.15, -0.1) is 0 Å². The first-order valence-electron chi connectivity index (χ1n) is 5.40. The van der Waals surface area contributed by atoms with Crippen LogP contribution in [0.1, 0.15) is 12.8 Å². The lowest BCUT2D eigenvalue weighted by molar-refractivity contribution is -0.120. The van der Waals surface area contributed by atoms with E-state index in [0.29, 0.717) is 6.42 Å². The van der Waals surface area contributed by atoms with E-state index in [2.05, 4.69) is 10.2 Å². The molecular formula is C12H19N3O. The average molecular weight is 221 g/mol. The molecule has 0 unspecified atom stereocenters. The summed E-state index contributed by atoms with van der Waals surface area (Å²) in [5, 5.41) is 2.61. The molecule has 1 rings (SSSR count). The Bertz CT molecular complexity index is 352. The highest BCUT2D eigenvalue weighted by Gasteiger charge is 2.02.